The molecule has 0 aromatic heterocycles. The lowest BCUT2D eigenvalue weighted by molar-refractivity contribution is 0.294. The third-order valence-electron chi connectivity index (χ3n) is 1.82. The summed E-state index contributed by atoms with van der Waals surface area (Å²) >= 11 is 6.04. The highest BCUT2D eigenvalue weighted by atomic mass is 35.5. The number of hydrogen-bond donors (Lipinski definition) is 0. The van der Waals surface area contributed by atoms with Crippen molar-refractivity contribution in [2.75, 3.05) is 13.7 Å². The number of hydrogen-bond acceptors (Lipinski definition) is 2. The SMILES string of the molecule is CCCOc1c(Cl)cc(C)cc1OC. The number of ether oxygens (including phenoxy) is 2. The number of aryl methyl sites for hydroxylation is 1. The van der Waals surface area contributed by atoms with E-state index in [1.165, 1.54) is 0 Å². The lowest BCUT2D eigenvalue weighted by Gasteiger charge is -2.12. The summed E-state index contributed by atoms with van der Waals surface area (Å²) in [6.07, 6.45) is 0.952. The van der Waals surface area contributed by atoms with E-state index in [1.807, 2.05) is 19.1 Å². The topological polar surface area (TPSA) is 18.5 Å². The zero-order valence-electron chi connectivity index (χ0n) is 8.76. The van der Waals surface area contributed by atoms with Crippen molar-refractivity contribution < 1.29 is 9.47 Å². The predicted molar refractivity (Wildman–Crippen MR) is 58.5 cm³/mol. The van der Waals surface area contributed by atoms with Gasteiger partial charge in [0.1, 0.15) is 0 Å². The van der Waals surface area contributed by atoms with E-state index < -0.39 is 0 Å². The fourth-order valence-electron chi connectivity index (χ4n) is 1.19. The molecule has 78 valence electrons. The van der Waals surface area contributed by atoms with Gasteiger partial charge in [0.05, 0.1) is 18.7 Å². The minimum Gasteiger partial charge on any atom is -0.493 e. The van der Waals surface area contributed by atoms with Crippen molar-refractivity contribution in [1.82, 2.24) is 0 Å². The summed E-state index contributed by atoms with van der Waals surface area (Å²) in [5.41, 5.74) is 1.07. The summed E-state index contributed by atoms with van der Waals surface area (Å²) in [5, 5.41) is 0.607. The summed E-state index contributed by atoms with van der Waals surface area (Å²) in [5.74, 6) is 1.34. The first-order valence-electron chi connectivity index (χ1n) is 4.66. The van der Waals surface area contributed by atoms with Gasteiger partial charge in [0.15, 0.2) is 11.5 Å². The maximum absolute atomic E-state index is 6.04. The summed E-state index contributed by atoms with van der Waals surface area (Å²) in [7, 11) is 1.61. The quantitative estimate of drug-likeness (QED) is 0.765. The smallest absolute Gasteiger partial charge is 0.179 e. The van der Waals surface area contributed by atoms with Crippen LogP contribution in [-0.2, 0) is 0 Å². The molecule has 1 aromatic carbocycles. The third kappa shape index (κ3) is 2.55. The highest BCUT2D eigenvalue weighted by Crippen LogP contribution is 2.36. The molecule has 0 atom stereocenters. The standard InChI is InChI=1S/C11H15ClO2/c1-4-5-14-11-9(12)6-8(2)7-10(11)13-3/h6-7H,4-5H2,1-3H3. The fourth-order valence-corrected chi connectivity index (χ4v) is 1.51. The van der Waals surface area contributed by atoms with Crippen LogP contribution in [0, 0.1) is 6.92 Å². The molecule has 0 aliphatic rings. The van der Waals surface area contributed by atoms with Gasteiger partial charge in [-0.25, -0.2) is 0 Å². The second-order valence-corrected chi connectivity index (χ2v) is 3.53. The molecule has 0 bridgehead atoms. The number of rotatable bonds is 4. The maximum atomic E-state index is 6.04. The van der Waals surface area contributed by atoms with E-state index in [1.54, 1.807) is 7.11 Å². The van der Waals surface area contributed by atoms with E-state index in [0.29, 0.717) is 23.1 Å². The molecule has 0 N–H and O–H groups in total. The lowest BCUT2D eigenvalue weighted by atomic mass is 10.2. The first-order chi connectivity index (χ1) is 6.69. The normalized spacial score (nSPS) is 10.0. The molecule has 0 unspecified atom stereocenters. The Morgan fingerprint density at radius 1 is 1.36 bits per heavy atom. The zero-order chi connectivity index (χ0) is 10.6. The molecule has 0 amide bonds. The second-order valence-electron chi connectivity index (χ2n) is 3.13. The Hall–Kier alpha value is -0.890. The molecule has 0 radical (unpaired) electrons. The predicted octanol–water partition coefficient (Wildman–Crippen LogP) is 3.45. The van der Waals surface area contributed by atoms with E-state index >= 15 is 0 Å². The van der Waals surface area contributed by atoms with Gasteiger partial charge in [-0.1, -0.05) is 18.5 Å². The van der Waals surface area contributed by atoms with Gasteiger partial charge >= 0.3 is 0 Å². The molecule has 2 nitrogen and oxygen atoms in total. The van der Waals surface area contributed by atoms with E-state index in [2.05, 4.69) is 6.92 Å². The monoisotopic (exact) mass is 214 g/mol. The van der Waals surface area contributed by atoms with Crippen molar-refractivity contribution in [3.05, 3.63) is 22.7 Å². The molecular weight excluding hydrogens is 200 g/mol. The molecule has 1 rings (SSSR count). The molecule has 0 saturated heterocycles. The Balaban J connectivity index is 2.99. The van der Waals surface area contributed by atoms with Gasteiger partial charge < -0.3 is 9.47 Å². The van der Waals surface area contributed by atoms with Crippen LogP contribution in [0.5, 0.6) is 11.5 Å². The Bertz CT molecular complexity index is 310. The van der Waals surface area contributed by atoms with Crippen LogP contribution < -0.4 is 9.47 Å². The average molecular weight is 215 g/mol. The molecule has 0 spiro atoms. The zero-order valence-corrected chi connectivity index (χ0v) is 9.52. The summed E-state index contributed by atoms with van der Waals surface area (Å²) in [6, 6.07) is 3.78. The van der Waals surface area contributed by atoms with Crippen LogP contribution in [0.15, 0.2) is 12.1 Å². The molecule has 0 heterocycles. The highest BCUT2D eigenvalue weighted by Gasteiger charge is 2.09. The van der Waals surface area contributed by atoms with Gasteiger partial charge in [0, 0.05) is 0 Å². The van der Waals surface area contributed by atoms with Crippen LogP contribution >= 0.6 is 11.6 Å². The van der Waals surface area contributed by atoms with E-state index in [4.69, 9.17) is 21.1 Å². The minimum absolute atomic E-state index is 0.607. The van der Waals surface area contributed by atoms with E-state index in [-0.39, 0.29) is 0 Å². The highest BCUT2D eigenvalue weighted by molar-refractivity contribution is 6.32. The molecule has 0 saturated carbocycles. The van der Waals surface area contributed by atoms with Gasteiger partial charge in [-0.2, -0.15) is 0 Å². The van der Waals surface area contributed by atoms with Gasteiger partial charge in [-0.3, -0.25) is 0 Å². The molecule has 1 aromatic rings. The van der Waals surface area contributed by atoms with Crippen molar-refractivity contribution in [3.8, 4) is 11.5 Å². The molecule has 3 heteroatoms. The molecule has 14 heavy (non-hydrogen) atoms. The van der Waals surface area contributed by atoms with E-state index in [0.717, 1.165) is 12.0 Å². The van der Waals surface area contributed by atoms with Crippen molar-refractivity contribution in [2.24, 2.45) is 0 Å². The lowest BCUT2D eigenvalue weighted by Crippen LogP contribution is -1.98. The minimum atomic E-state index is 0.607. The summed E-state index contributed by atoms with van der Waals surface area (Å²) < 4.78 is 10.7. The van der Waals surface area contributed by atoms with Gasteiger partial charge in [-0.15, -0.1) is 0 Å². The van der Waals surface area contributed by atoms with Crippen LogP contribution in [0.3, 0.4) is 0 Å². The molecular formula is C11H15ClO2. The molecule has 0 aliphatic carbocycles. The largest absolute Gasteiger partial charge is 0.493 e. The second kappa shape index (κ2) is 5.11. The Morgan fingerprint density at radius 3 is 2.64 bits per heavy atom. The van der Waals surface area contributed by atoms with Crippen LogP contribution in [-0.4, -0.2) is 13.7 Å². The summed E-state index contributed by atoms with van der Waals surface area (Å²) in [4.78, 5) is 0. The molecule has 0 aliphatic heterocycles. The first kappa shape index (κ1) is 11.2. The van der Waals surface area contributed by atoms with Crippen molar-refractivity contribution in [3.63, 3.8) is 0 Å². The summed E-state index contributed by atoms with van der Waals surface area (Å²) in [6.45, 7) is 4.67. The Kier molecular flexibility index (Phi) is 4.08. The number of methoxy groups -OCH3 is 1. The van der Waals surface area contributed by atoms with Crippen molar-refractivity contribution in [2.45, 2.75) is 20.3 Å². The van der Waals surface area contributed by atoms with Crippen molar-refractivity contribution in [1.29, 1.82) is 0 Å². The van der Waals surface area contributed by atoms with Gasteiger partial charge in [0.2, 0.25) is 0 Å². The van der Waals surface area contributed by atoms with Crippen LogP contribution in [0.25, 0.3) is 0 Å². The van der Waals surface area contributed by atoms with Crippen LogP contribution in [0.2, 0.25) is 5.02 Å². The number of halogens is 1. The van der Waals surface area contributed by atoms with Crippen LogP contribution in [0.4, 0.5) is 0 Å². The van der Waals surface area contributed by atoms with Gasteiger partial charge in [-0.05, 0) is 31.0 Å². The fraction of sp³-hybridized carbons (Fsp3) is 0.455. The van der Waals surface area contributed by atoms with Crippen molar-refractivity contribution >= 4 is 11.6 Å². The van der Waals surface area contributed by atoms with E-state index in [9.17, 15) is 0 Å². The van der Waals surface area contributed by atoms with Gasteiger partial charge in [0.25, 0.3) is 0 Å². The maximum Gasteiger partial charge on any atom is 0.179 e. The third-order valence-corrected chi connectivity index (χ3v) is 2.11. The average Bonchev–Trinajstić information content (AvgIpc) is 2.15. The molecule has 0 fully saturated rings. The Labute approximate surface area is 89.8 Å². The number of benzene rings is 1. The van der Waals surface area contributed by atoms with Crippen LogP contribution in [0.1, 0.15) is 18.9 Å². The Morgan fingerprint density at radius 2 is 2.07 bits per heavy atom. The first-order valence-corrected chi connectivity index (χ1v) is 5.03.